The maximum atomic E-state index is 12.8. The van der Waals surface area contributed by atoms with E-state index >= 15 is 0 Å². The first kappa shape index (κ1) is 18.8. The molecule has 0 saturated carbocycles. The highest BCUT2D eigenvalue weighted by molar-refractivity contribution is 5.94. The molecule has 1 amide bonds. The molecule has 4 rings (SSSR count). The minimum absolute atomic E-state index is 0.0302. The van der Waals surface area contributed by atoms with Gasteiger partial charge in [-0.05, 0) is 18.2 Å². The molecule has 0 atom stereocenters. The van der Waals surface area contributed by atoms with E-state index in [4.69, 9.17) is 9.47 Å². The molecule has 2 aliphatic rings. The molecule has 2 aromatic heterocycles. The van der Waals surface area contributed by atoms with Gasteiger partial charge in [0.2, 0.25) is 5.88 Å². The van der Waals surface area contributed by atoms with Crippen LogP contribution >= 0.6 is 0 Å². The normalized spacial score (nSPS) is 18.8. The summed E-state index contributed by atoms with van der Waals surface area (Å²) < 4.78 is 11.2. The van der Waals surface area contributed by atoms with Crippen molar-refractivity contribution in [2.75, 3.05) is 39.4 Å². The van der Waals surface area contributed by atoms with E-state index < -0.39 is 0 Å². The number of aromatic nitrogens is 2. The highest BCUT2D eigenvalue weighted by Crippen LogP contribution is 2.17. The lowest BCUT2D eigenvalue weighted by Crippen LogP contribution is -2.48. The number of piperazine rings is 1. The van der Waals surface area contributed by atoms with E-state index in [-0.39, 0.29) is 12.0 Å². The molecule has 0 aliphatic carbocycles. The average Bonchev–Trinajstić information content (AvgIpc) is 2.76. The lowest BCUT2D eigenvalue weighted by atomic mass is 10.1. The molecule has 0 radical (unpaired) electrons. The second-order valence-corrected chi connectivity index (χ2v) is 7.20. The number of pyridine rings is 2. The van der Waals surface area contributed by atoms with Crippen molar-refractivity contribution in [3.05, 3.63) is 54.0 Å². The van der Waals surface area contributed by atoms with Crippen molar-refractivity contribution in [1.82, 2.24) is 19.8 Å². The van der Waals surface area contributed by atoms with Crippen LogP contribution in [-0.2, 0) is 11.3 Å². The average molecular weight is 382 g/mol. The Morgan fingerprint density at radius 3 is 2.57 bits per heavy atom. The zero-order chi connectivity index (χ0) is 19.2. The molecule has 4 heterocycles. The van der Waals surface area contributed by atoms with Gasteiger partial charge in [-0.2, -0.15) is 0 Å². The number of nitrogens with zero attached hydrogens (tertiary/aromatic N) is 4. The topological polar surface area (TPSA) is 67.8 Å². The molecule has 0 bridgehead atoms. The first-order valence-corrected chi connectivity index (χ1v) is 9.90. The van der Waals surface area contributed by atoms with Gasteiger partial charge in [-0.25, -0.2) is 4.98 Å². The van der Waals surface area contributed by atoms with Gasteiger partial charge in [0.1, 0.15) is 6.10 Å². The zero-order valence-electron chi connectivity index (χ0n) is 16.0. The van der Waals surface area contributed by atoms with Gasteiger partial charge in [-0.3, -0.25) is 14.7 Å². The largest absolute Gasteiger partial charge is 0.474 e. The molecular formula is C21H26N4O3. The van der Waals surface area contributed by atoms with Crippen molar-refractivity contribution in [2.45, 2.75) is 25.5 Å². The Morgan fingerprint density at radius 2 is 1.89 bits per heavy atom. The van der Waals surface area contributed by atoms with E-state index in [1.54, 1.807) is 12.3 Å². The zero-order valence-corrected chi connectivity index (χ0v) is 16.0. The summed E-state index contributed by atoms with van der Waals surface area (Å²) in [5.41, 5.74) is 1.67. The van der Waals surface area contributed by atoms with Crippen LogP contribution in [0.2, 0.25) is 0 Å². The number of ether oxygens (including phenoxy) is 2. The highest BCUT2D eigenvalue weighted by atomic mass is 16.5. The van der Waals surface area contributed by atoms with Crippen LogP contribution < -0.4 is 4.74 Å². The summed E-state index contributed by atoms with van der Waals surface area (Å²) in [6.45, 7) is 5.41. The van der Waals surface area contributed by atoms with E-state index in [0.717, 1.165) is 51.4 Å². The molecular weight excluding hydrogens is 356 g/mol. The molecule has 0 spiro atoms. The van der Waals surface area contributed by atoms with Gasteiger partial charge in [0, 0.05) is 64.0 Å². The van der Waals surface area contributed by atoms with Gasteiger partial charge in [0.25, 0.3) is 5.91 Å². The number of carbonyl (C=O) groups excluding carboxylic acids is 1. The van der Waals surface area contributed by atoms with Crippen LogP contribution in [0.4, 0.5) is 0 Å². The summed E-state index contributed by atoms with van der Waals surface area (Å²) in [5, 5.41) is 0. The van der Waals surface area contributed by atoms with Crippen molar-refractivity contribution in [1.29, 1.82) is 0 Å². The van der Waals surface area contributed by atoms with Crippen LogP contribution in [0.15, 0.2) is 42.7 Å². The number of amides is 1. The van der Waals surface area contributed by atoms with Crippen LogP contribution in [0.1, 0.15) is 28.9 Å². The van der Waals surface area contributed by atoms with E-state index in [1.165, 1.54) is 0 Å². The lowest BCUT2D eigenvalue weighted by molar-refractivity contribution is 0.0237. The Kier molecular flexibility index (Phi) is 6.14. The lowest BCUT2D eigenvalue weighted by Gasteiger charge is -2.34. The second kappa shape index (κ2) is 9.12. The minimum atomic E-state index is 0.0302. The Labute approximate surface area is 165 Å². The van der Waals surface area contributed by atoms with Crippen LogP contribution in [0, 0.1) is 0 Å². The molecule has 7 heteroatoms. The predicted molar refractivity (Wildman–Crippen MR) is 104 cm³/mol. The van der Waals surface area contributed by atoms with Crippen molar-refractivity contribution in [3.63, 3.8) is 0 Å². The summed E-state index contributed by atoms with van der Waals surface area (Å²) in [5.74, 6) is 0.603. The smallest absolute Gasteiger partial charge is 0.255 e. The maximum Gasteiger partial charge on any atom is 0.255 e. The molecule has 2 fully saturated rings. The maximum absolute atomic E-state index is 12.8. The first-order chi connectivity index (χ1) is 13.8. The number of hydrogen-bond acceptors (Lipinski definition) is 6. The summed E-state index contributed by atoms with van der Waals surface area (Å²) in [6, 6.07) is 9.57. The van der Waals surface area contributed by atoms with Gasteiger partial charge in [0.05, 0.1) is 24.5 Å². The van der Waals surface area contributed by atoms with Gasteiger partial charge in [-0.15, -0.1) is 0 Å². The predicted octanol–water partition coefficient (Wildman–Crippen LogP) is 1.99. The quantitative estimate of drug-likeness (QED) is 0.788. The van der Waals surface area contributed by atoms with E-state index in [0.29, 0.717) is 24.5 Å². The first-order valence-electron chi connectivity index (χ1n) is 9.90. The van der Waals surface area contributed by atoms with E-state index in [2.05, 4.69) is 14.9 Å². The van der Waals surface area contributed by atoms with Crippen LogP contribution in [0.5, 0.6) is 5.88 Å². The molecule has 0 aromatic carbocycles. The molecule has 2 aliphatic heterocycles. The van der Waals surface area contributed by atoms with Crippen LogP contribution in [0.3, 0.4) is 0 Å². The fraction of sp³-hybridized carbons (Fsp3) is 0.476. The summed E-state index contributed by atoms with van der Waals surface area (Å²) in [7, 11) is 0. The SMILES string of the molecule is O=C(c1ccc(OC2CCOCC2)nc1)N1CCN(Cc2ccccn2)CC1. The van der Waals surface area contributed by atoms with E-state index in [9.17, 15) is 4.79 Å². The van der Waals surface area contributed by atoms with Gasteiger partial charge in [0.15, 0.2) is 0 Å². The van der Waals surface area contributed by atoms with Gasteiger partial charge >= 0.3 is 0 Å². The summed E-state index contributed by atoms with van der Waals surface area (Å²) in [6.07, 6.45) is 5.35. The Hall–Kier alpha value is -2.51. The Bertz CT molecular complexity index is 755. The molecule has 0 N–H and O–H groups in total. The fourth-order valence-corrected chi connectivity index (χ4v) is 3.55. The number of rotatable bonds is 5. The van der Waals surface area contributed by atoms with Crippen molar-refractivity contribution < 1.29 is 14.3 Å². The van der Waals surface area contributed by atoms with Crippen LogP contribution in [-0.4, -0.2) is 71.2 Å². The third-order valence-corrected chi connectivity index (χ3v) is 5.21. The fourth-order valence-electron chi connectivity index (χ4n) is 3.55. The molecule has 0 unspecified atom stereocenters. The molecule has 148 valence electrons. The minimum Gasteiger partial charge on any atom is -0.474 e. The molecule has 2 aromatic rings. The third kappa shape index (κ3) is 4.85. The standard InChI is InChI=1S/C21H26N4O3/c26-21(17-4-5-20(23-15-17)28-19-6-13-27-14-7-19)25-11-9-24(10-12-25)16-18-3-1-2-8-22-18/h1-5,8,15,19H,6-7,9-14,16H2. The van der Waals surface area contributed by atoms with Crippen molar-refractivity contribution >= 4 is 5.91 Å². The highest BCUT2D eigenvalue weighted by Gasteiger charge is 2.23. The Balaban J connectivity index is 1.27. The molecule has 28 heavy (non-hydrogen) atoms. The number of carbonyl (C=O) groups is 1. The monoisotopic (exact) mass is 382 g/mol. The summed E-state index contributed by atoms with van der Waals surface area (Å²) >= 11 is 0. The van der Waals surface area contributed by atoms with Crippen molar-refractivity contribution in [2.24, 2.45) is 0 Å². The second-order valence-electron chi connectivity index (χ2n) is 7.20. The molecule has 2 saturated heterocycles. The third-order valence-electron chi connectivity index (χ3n) is 5.21. The summed E-state index contributed by atoms with van der Waals surface area (Å²) in [4.78, 5) is 25.7. The molecule has 7 nitrogen and oxygen atoms in total. The van der Waals surface area contributed by atoms with Crippen LogP contribution in [0.25, 0.3) is 0 Å². The van der Waals surface area contributed by atoms with E-state index in [1.807, 2.05) is 35.4 Å². The Morgan fingerprint density at radius 1 is 1.07 bits per heavy atom. The van der Waals surface area contributed by atoms with Gasteiger partial charge in [-0.1, -0.05) is 6.07 Å². The number of hydrogen-bond donors (Lipinski definition) is 0. The van der Waals surface area contributed by atoms with Crippen molar-refractivity contribution in [3.8, 4) is 5.88 Å². The van der Waals surface area contributed by atoms with Gasteiger partial charge < -0.3 is 14.4 Å².